The van der Waals surface area contributed by atoms with Gasteiger partial charge >= 0.3 is 11.9 Å². The summed E-state index contributed by atoms with van der Waals surface area (Å²) in [7, 11) is 2.68. The highest BCUT2D eigenvalue weighted by molar-refractivity contribution is 6.14. The average molecular weight is 456 g/mol. The number of carbonyl (C=O) groups excluding carboxylic acids is 3. The molecule has 0 aromatic heterocycles. The van der Waals surface area contributed by atoms with Crippen LogP contribution >= 0.6 is 12.4 Å². The first-order chi connectivity index (χ1) is 14.9. The second-order valence-electron chi connectivity index (χ2n) is 7.20. The molecule has 0 N–H and O–H groups in total. The Hall–Kier alpha value is -3.22. The highest BCUT2D eigenvalue weighted by atomic mass is 35.5. The first-order valence-corrected chi connectivity index (χ1v) is 10.00. The minimum atomic E-state index is -0.395. The van der Waals surface area contributed by atoms with Gasteiger partial charge in [0, 0.05) is 24.2 Å². The van der Waals surface area contributed by atoms with Gasteiger partial charge in [-0.15, -0.1) is 12.4 Å². The van der Waals surface area contributed by atoms with Crippen molar-refractivity contribution in [3.8, 4) is 0 Å². The third-order valence-electron chi connectivity index (χ3n) is 5.16. The van der Waals surface area contributed by atoms with Crippen LogP contribution in [-0.4, -0.2) is 56.5 Å². The van der Waals surface area contributed by atoms with Gasteiger partial charge in [-0.05, 0) is 54.1 Å². The highest BCUT2D eigenvalue weighted by Crippen LogP contribution is 2.22. The fourth-order valence-corrected chi connectivity index (χ4v) is 3.40. The second-order valence-corrected chi connectivity index (χ2v) is 7.20. The average Bonchev–Trinajstić information content (AvgIpc) is 2.81. The fraction of sp³-hybridized carbons (Fsp3) is 0.240. The molecule has 0 atom stereocenters. The smallest absolute Gasteiger partial charge is 0.337 e. The largest absolute Gasteiger partial charge is 0.465 e. The summed E-state index contributed by atoms with van der Waals surface area (Å²) in [5.41, 5.74) is 4.00. The number of likely N-dealkylation sites (N-methyl/N-ethyl adjacent to an activating group) is 1. The van der Waals surface area contributed by atoms with Crippen LogP contribution in [0.1, 0.15) is 38.8 Å². The molecule has 0 bridgehead atoms. The molecule has 6 nitrogen and oxygen atoms in total. The van der Waals surface area contributed by atoms with Crippen LogP contribution in [-0.2, 0) is 14.3 Å². The van der Waals surface area contributed by atoms with Crippen molar-refractivity contribution in [2.45, 2.75) is 6.92 Å². The van der Waals surface area contributed by atoms with Crippen molar-refractivity contribution in [2.75, 3.05) is 33.9 Å². The van der Waals surface area contributed by atoms with E-state index in [0.29, 0.717) is 35.4 Å². The summed E-state index contributed by atoms with van der Waals surface area (Å²) in [6.07, 6.45) is 3.72. The number of benzene rings is 2. The van der Waals surface area contributed by atoms with E-state index >= 15 is 0 Å². The van der Waals surface area contributed by atoms with Crippen molar-refractivity contribution in [3.05, 3.63) is 81.9 Å². The normalized spacial score (nSPS) is 16.5. The highest BCUT2D eigenvalue weighted by Gasteiger charge is 2.25. The molecule has 32 heavy (non-hydrogen) atoms. The van der Waals surface area contributed by atoms with Crippen LogP contribution in [0.3, 0.4) is 0 Å². The van der Waals surface area contributed by atoms with Gasteiger partial charge in [-0.25, -0.2) is 9.59 Å². The summed E-state index contributed by atoms with van der Waals surface area (Å²) < 4.78 is 9.44. The van der Waals surface area contributed by atoms with Crippen LogP contribution in [0.2, 0.25) is 0 Å². The molecule has 168 valence electrons. The molecule has 0 saturated carbocycles. The molecule has 1 saturated heterocycles. The van der Waals surface area contributed by atoms with E-state index in [1.54, 1.807) is 48.5 Å². The minimum Gasteiger partial charge on any atom is -0.465 e. The van der Waals surface area contributed by atoms with Gasteiger partial charge in [-0.2, -0.15) is 0 Å². The molecule has 3 rings (SSSR count). The van der Waals surface area contributed by atoms with E-state index in [2.05, 4.69) is 11.8 Å². The molecule has 0 aliphatic carbocycles. The molecule has 1 fully saturated rings. The maximum Gasteiger partial charge on any atom is 0.337 e. The zero-order valence-corrected chi connectivity index (χ0v) is 19.1. The van der Waals surface area contributed by atoms with E-state index in [1.165, 1.54) is 14.2 Å². The van der Waals surface area contributed by atoms with Crippen molar-refractivity contribution in [1.29, 1.82) is 0 Å². The van der Waals surface area contributed by atoms with Gasteiger partial charge in [0.25, 0.3) is 0 Å². The van der Waals surface area contributed by atoms with E-state index in [1.807, 2.05) is 12.2 Å². The molecular formula is C25H26ClNO5. The van der Waals surface area contributed by atoms with Gasteiger partial charge in [-0.3, -0.25) is 9.69 Å². The summed E-state index contributed by atoms with van der Waals surface area (Å²) in [6.45, 7) is 3.99. The van der Waals surface area contributed by atoms with Crippen molar-refractivity contribution in [1.82, 2.24) is 4.90 Å². The zero-order chi connectivity index (χ0) is 22.4. The van der Waals surface area contributed by atoms with Gasteiger partial charge in [0.1, 0.15) is 0 Å². The van der Waals surface area contributed by atoms with E-state index in [9.17, 15) is 14.4 Å². The molecule has 1 heterocycles. The van der Waals surface area contributed by atoms with Crippen LogP contribution in [0, 0.1) is 0 Å². The second kappa shape index (κ2) is 11.4. The molecule has 2 aromatic carbocycles. The summed E-state index contributed by atoms with van der Waals surface area (Å²) in [6, 6.07) is 13.9. The Morgan fingerprint density at radius 3 is 1.50 bits per heavy atom. The van der Waals surface area contributed by atoms with Gasteiger partial charge < -0.3 is 9.47 Å². The number of carbonyl (C=O) groups is 3. The first-order valence-electron chi connectivity index (χ1n) is 10.00. The summed E-state index contributed by atoms with van der Waals surface area (Å²) >= 11 is 0. The number of esters is 2. The van der Waals surface area contributed by atoms with Gasteiger partial charge in [-0.1, -0.05) is 31.2 Å². The monoisotopic (exact) mass is 455 g/mol. The van der Waals surface area contributed by atoms with Crippen LogP contribution in [0.15, 0.2) is 59.7 Å². The molecule has 1 aliphatic rings. The quantitative estimate of drug-likeness (QED) is 0.500. The lowest BCUT2D eigenvalue weighted by Gasteiger charge is -2.28. The lowest BCUT2D eigenvalue weighted by atomic mass is 9.94. The minimum absolute atomic E-state index is 0. The molecule has 2 aromatic rings. The molecule has 1 aliphatic heterocycles. The van der Waals surface area contributed by atoms with Gasteiger partial charge in [0.15, 0.2) is 5.78 Å². The lowest BCUT2D eigenvalue weighted by molar-refractivity contribution is -0.113. The number of methoxy groups -OCH3 is 2. The zero-order valence-electron chi connectivity index (χ0n) is 18.3. The van der Waals surface area contributed by atoms with Crippen molar-refractivity contribution >= 4 is 42.3 Å². The third-order valence-corrected chi connectivity index (χ3v) is 5.16. The first kappa shape index (κ1) is 25.0. The van der Waals surface area contributed by atoms with E-state index in [4.69, 9.17) is 9.47 Å². The van der Waals surface area contributed by atoms with Gasteiger partial charge in [0.05, 0.1) is 25.3 Å². The van der Waals surface area contributed by atoms with Crippen LogP contribution in [0.4, 0.5) is 0 Å². The Balaban J connectivity index is 0.00000363. The van der Waals surface area contributed by atoms with E-state index in [0.717, 1.165) is 17.7 Å². The number of ketones is 1. The van der Waals surface area contributed by atoms with Gasteiger partial charge in [0.2, 0.25) is 0 Å². The lowest BCUT2D eigenvalue weighted by Crippen LogP contribution is -2.37. The Bertz CT molecular complexity index is 958. The summed E-state index contributed by atoms with van der Waals surface area (Å²) in [5, 5.41) is 0. The standard InChI is InChI=1S/C25H25NO5.ClH/c1-4-26-15-21(13-17-5-9-19(10-6-17)24(28)30-2)23(27)22(16-26)14-18-7-11-20(12-8-18)25(29)31-3;/h5-14H,4,15-16H2,1-3H3;1H. The number of nitrogens with zero attached hydrogens (tertiary/aromatic N) is 1. The Morgan fingerprint density at radius 1 is 0.812 bits per heavy atom. The Labute approximate surface area is 193 Å². The number of Topliss-reactive ketones (excluding diaryl/α,β-unsaturated/α-hetero) is 1. The number of hydrogen-bond acceptors (Lipinski definition) is 6. The topological polar surface area (TPSA) is 72.9 Å². The maximum atomic E-state index is 13.1. The predicted molar refractivity (Wildman–Crippen MR) is 126 cm³/mol. The maximum absolute atomic E-state index is 13.1. The van der Waals surface area contributed by atoms with Crippen molar-refractivity contribution < 1.29 is 23.9 Å². The molecule has 0 unspecified atom stereocenters. The number of hydrogen-bond donors (Lipinski definition) is 0. The summed E-state index contributed by atoms with van der Waals surface area (Å²) in [4.78, 5) is 38.5. The predicted octanol–water partition coefficient (Wildman–Crippen LogP) is 4.05. The fourth-order valence-electron chi connectivity index (χ4n) is 3.40. The number of likely N-dealkylation sites (tertiary alicyclic amines) is 1. The molecule has 7 heteroatoms. The molecular weight excluding hydrogens is 430 g/mol. The molecule has 0 amide bonds. The number of rotatable bonds is 5. The van der Waals surface area contributed by atoms with Crippen molar-refractivity contribution in [3.63, 3.8) is 0 Å². The van der Waals surface area contributed by atoms with Crippen LogP contribution in [0.25, 0.3) is 12.2 Å². The third kappa shape index (κ3) is 5.93. The van der Waals surface area contributed by atoms with Crippen LogP contribution in [0.5, 0.6) is 0 Å². The number of piperidine rings is 1. The number of ether oxygens (including phenoxy) is 2. The van der Waals surface area contributed by atoms with Crippen molar-refractivity contribution in [2.24, 2.45) is 0 Å². The molecule has 0 radical (unpaired) electrons. The molecule has 0 spiro atoms. The van der Waals surface area contributed by atoms with Crippen LogP contribution < -0.4 is 0 Å². The summed E-state index contributed by atoms with van der Waals surface area (Å²) in [5.74, 6) is -0.791. The van der Waals surface area contributed by atoms with E-state index in [-0.39, 0.29) is 18.2 Å². The Kier molecular flexibility index (Phi) is 8.93. The SMILES string of the molecule is CCN1CC(=Cc2ccc(C(=O)OC)cc2)C(=O)C(=Cc2ccc(C(=O)OC)cc2)C1.Cl. The number of halogens is 1. The van der Waals surface area contributed by atoms with E-state index < -0.39 is 11.9 Å². The Morgan fingerprint density at radius 2 is 1.19 bits per heavy atom.